The van der Waals surface area contributed by atoms with Crippen molar-refractivity contribution in [3.05, 3.63) is 29.3 Å². The summed E-state index contributed by atoms with van der Waals surface area (Å²) in [5.41, 5.74) is 1.98. The van der Waals surface area contributed by atoms with Crippen LogP contribution < -0.4 is 10.0 Å². The molecule has 6 heteroatoms. The molecule has 1 aliphatic rings. The van der Waals surface area contributed by atoms with Gasteiger partial charge in [0.1, 0.15) is 0 Å². The molecule has 0 bridgehead atoms. The van der Waals surface area contributed by atoms with Crippen molar-refractivity contribution in [3.8, 4) is 0 Å². The van der Waals surface area contributed by atoms with Gasteiger partial charge in [-0.25, -0.2) is 13.1 Å². The molecule has 0 radical (unpaired) electrons. The Kier molecular flexibility index (Phi) is 6.40. The van der Waals surface area contributed by atoms with Crippen LogP contribution in [0.3, 0.4) is 0 Å². The zero-order valence-electron chi connectivity index (χ0n) is 14.8. The summed E-state index contributed by atoms with van der Waals surface area (Å²) < 4.78 is 27.1. The predicted octanol–water partition coefficient (Wildman–Crippen LogP) is 2.67. The Bertz CT molecular complexity index is 686. The SMILES string of the molecule is Cc1ccc(S(=O)(=O)NCCC(=O)N[C@H]2CCCC[C@@H]2C)cc1C. The average molecular weight is 353 g/mol. The summed E-state index contributed by atoms with van der Waals surface area (Å²) in [5, 5.41) is 3.04. The molecule has 5 nitrogen and oxygen atoms in total. The van der Waals surface area contributed by atoms with E-state index in [1.165, 1.54) is 6.42 Å². The lowest BCUT2D eigenvalue weighted by molar-refractivity contribution is -0.122. The van der Waals surface area contributed by atoms with Gasteiger partial charge in [0.25, 0.3) is 0 Å². The molecule has 1 aromatic rings. The Morgan fingerprint density at radius 1 is 1.17 bits per heavy atom. The first kappa shape index (κ1) is 18.9. The number of nitrogens with one attached hydrogen (secondary N) is 2. The maximum Gasteiger partial charge on any atom is 0.240 e. The van der Waals surface area contributed by atoms with E-state index in [0.29, 0.717) is 5.92 Å². The normalized spacial score (nSPS) is 21.5. The highest BCUT2D eigenvalue weighted by Gasteiger charge is 2.23. The number of rotatable bonds is 6. The fourth-order valence-corrected chi connectivity index (χ4v) is 4.19. The summed E-state index contributed by atoms with van der Waals surface area (Å²) in [4.78, 5) is 12.3. The lowest BCUT2D eigenvalue weighted by Crippen LogP contribution is -2.42. The summed E-state index contributed by atoms with van der Waals surface area (Å²) >= 11 is 0. The lowest BCUT2D eigenvalue weighted by atomic mass is 9.86. The Morgan fingerprint density at radius 2 is 1.88 bits per heavy atom. The van der Waals surface area contributed by atoms with Gasteiger partial charge in [-0.05, 0) is 55.9 Å². The minimum absolute atomic E-state index is 0.0865. The fraction of sp³-hybridized carbons (Fsp3) is 0.611. The number of benzene rings is 1. The zero-order chi connectivity index (χ0) is 17.7. The summed E-state index contributed by atoms with van der Waals surface area (Å²) in [7, 11) is -3.57. The highest BCUT2D eigenvalue weighted by Crippen LogP contribution is 2.23. The molecule has 1 amide bonds. The molecule has 1 saturated carbocycles. The van der Waals surface area contributed by atoms with Crippen LogP contribution in [0.5, 0.6) is 0 Å². The Balaban J connectivity index is 1.83. The largest absolute Gasteiger partial charge is 0.353 e. The standard InChI is InChI=1S/C18H28N2O3S/c1-13-8-9-16(12-15(13)3)24(22,23)19-11-10-18(21)20-17-7-5-4-6-14(17)2/h8-9,12,14,17,19H,4-7,10-11H2,1-3H3,(H,20,21)/t14-,17-/m0/s1. The maximum atomic E-state index is 12.3. The molecule has 0 unspecified atom stereocenters. The van der Waals surface area contributed by atoms with Gasteiger partial charge in [0, 0.05) is 19.0 Å². The van der Waals surface area contributed by atoms with Gasteiger partial charge >= 0.3 is 0 Å². The fourth-order valence-electron chi connectivity index (χ4n) is 3.07. The minimum Gasteiger partial charge on any atom is -0.353 e. The summed E-state index contributed by atoms with van der Waals surface area (Å²) in [6.45, 7) is 6.09. The van der Waals surface area contributed by atoms with Crippen LogP contribution in [0.2, 0.25) is 0 Å². The topological polar surface area (TPSA) is 75.3 Å². The molecule has 2 rings (SSSR count). The van der Waals surface area contributed by atoms with E-state index in [0.717, 1.165) is 30.4 Å². The van der Waals surface area contributed by atoms with Crippen molar-refractivity contribution in [1.29, 1.82) is 0 Å². The van der Waals surface area contributed by atoms with Crippen molar-refractivity contribution in [3.63, 3.8) is 0 Å². The molecule has 0 heterocycles. The molecule has 1 aromatic carbocycles. The molecule has 2 atom stereocenters. The smallest absolute Gasteiger partial charge is 0.240 e. The maximum absolute atomic E-state index is 12.3. The van der Waals surface area contributed by atoms with E-state index in [1.807, 2.05) is 13.8 Å². The van der Waals surface area contributed by atoms with E-state index in [4.69, 9.17) is 0 Å². The molecule has 24 heavy (non-hydrogen) atoms. The highest BCUT2D eigenvalue weighted by atomic mass is 32.2. The zero-order valence-corrected chi connectivity index (χ0v) is 15.6. The van der Waals surface area contributed by atoms with Crippen molar-refractivity contribution in [2.75, 3.05) is 6.54 Å². The van der Waals surface area contributed by atoms with E-state index in [2.05, 4.69) is 17.0 Å². The van der Waals surface area contributed by atoms with Crippen molar-refractivity contribution >= 4 is 15.9 Å². The Hall–Kier alpha value is -1.40. The molecule has 0 aromatic heterocycles. The second kappa shape index (κ2) is 8.12. The van der Waals surface area contributed by atoms with Crippen molar-refractivity contribution in [1.82, 2.24) is 10.0 Å². The van der Waals surface area contributed by atoms with Crippen LogP contribution in [-0.2, 0) is 14.8 Å². The first-order chi connectivity index (χ1) is 11.3. The van der Waals surface area contributed by atoms with Crippen molar-refractivity contribution < 1.29 is 13.2 Å². The van der Waals surface area contributed by atoms with Crippen LogP contribution in [0.25, 0.3) is 0 Å². The van der Waals surface area contributed by atoms with Gasteiger partial charge in [0.15, 0.2) is 0 Å². The van der Waals surface area contributed by atoms with Crippen LogP contribution in [0.4, 0.5) is 0 Å². The number of carbonyl (C=O) groups excluding carboxylic acids is 1. The van der Waals surface area contributed by atoms with Gasteiger partial charge in [0.05, 0.1) is 4.90 Å². The third kappa shape index (κ3) is 5.05. The van der Waals surface area contributed by atoms with Gasteiger partial charge < -0.3 is 5.32 Å². The number of hydrogen-bond donors (Lipinski definition) is 2. The number of hydrogen-bond acceptors (Lipinski definition) is 3. The molecule has 1 aliphatic carbocycles. The van der Waals surface area contributed by atoms with Crippen LogP contribution in [0.15, 0.2) is 23.1 Å². The van der Waals surface area contributed by atoms with Crippen LogP contribution in [0, 0.1) is 19.8 Å². The summed E-state index contributed by atoms with van der Waals surface area (Å²) in [6, 6.07) is 5.26. The second-order valence-electron chi connectivity index (χ2n) is 6.83. The average Bonchev–Trinajstić information content (AvgIpc) is 2.52. The Labute approximate surface area is 145 Å². The molecule has 2 N–H and O–H groups in total. The van der Waals surface area contributed by atoms with Crippen LogP contribution >= 0.6 is 0 Å². The molecule has 0 saturated heterocycles. The minimum atomic E-state index is -3.57. The first-order valence-corrected chi connectivity index (χ1v) is 10.1. The lowest BCUT2D eigenvalue weighted by Gasteiger charge is -2.29. The highest BCUT2D eigenvalue weighted by molar-refractivity contribution is 7.89. The molecule has 0 aliphatic heterocycles. The van der Waals surface area contributed by atoms with E-state index >= 15 is 0 Å². The number of carbonyl (C=O) groups is 1. The van der Waals surface area contributed by atoms with E-state index in [-0.39, 0.29) is 29.8 Å². The number of aryl methyl sites for hydroxylation is 2. The van der Waals surface area contributed by atoms with Crippen molar-refractivity contribution in [2.24, 2.45) is 5.92 Å². The molecular formula is C18H28N2O3S. The van der Waals surface area contributed by atoms with Gasteiger partial charge in [-0.15, -0.1) is 0 Å². The summed E-state index contributed by atoms with van der Waals surface area (Å²) in [5.74, 6) is 0.409. The third-order valence-electron chi connectivity index (χ3n) is 4.89. The van der Waals surface area contributed by atoms with Gasteiger partial charge in [-0.2, -0.15) is 0 Å². The molecular weight excluding hydrogens is 324 g/mol. The van der Waals surface area contributed by atoms with Crippen molar-refractivity contribution in [2.45, 2.75) is 63.8 Å². The Morgan fingerprint density at radius 3 is 2.54 bits per heavy atom. The van der Waals surface area contributed by atoms with E-state index in [9.17, 15) is 13.2 Å². The van der Waals surface area contributed by atoms with Gasteiger partial charge in [-0.1, -0.05) is 25.8 Å². The van der Waals surface area contributed by atoms with Crippen LogP contribution in [0.1, 0.15) is 50.2 Å². The van der Waals surface area contributed by atoms with E-state index in [1.54, 1.807) is 18.2 Å². The number of amides is 1. The third-order valence-corrected chi connectivity index (χ3v) is 6.35. The van der Waals surface area contributed by atoms with Gasteiger partial charge in [-0.3, -0.25) is 4.79 Å². The second-order valence-corrected chi connectivity index (χ2v) is 8.60. The van der Waals surface area contributed by atoms with E-state index < -0.39 is 10.0 Å². The molecule has 134 valence electrons. The predicted molar refractivity (Wildman–Crippen MR) is 95.3 cm³/mol. The molecule has 1 fully saturated rings. The summed E-state index contributed by atoms with van der Waals surface area (Å²) in [6.07, 6.45) is 4.69. The first-order valence-electron chi connectivity index (χ1n) is 8.66. The van der Waals surface area contributed by atoms with Gasteiger partial charge in [0.2, 0.25) is 15.9 Å². The number of sulfonamides is 1. The quantitative estimate of drug-likeness (QED) is 0.826. The van der Waals surface area contributed by atoms with Crippen LogP contribution in [-0.4, -0.2) is 26.9 Å². The monoisotopic (exact) mass is 352 g/mol. The molecule has 0 spiro atoms.